The van der Waals surface area contributed by atoms with Crippen LogP contribution in [-0.4, -0.2) is 33.9 Å². The van der Waals surface area contributed by atoms with Crippen molar-refractivity contribution in [2.75, 3.05) is 13.1 Å². The second-order valence-electron chi connectivity index (χ2n) is 4.49. The Hall–Kier alpha value is -1.61. The van der Waals surface area contributed by atoms with Crippen molar-refractivity contribution in [3.8, 4) is 6.07 Å². The summed E-state index contributed by atoms with van der Waals surface area (Å²) < 4.78 is 26.1. The van der Waals surface area contributed by atoms with Crippen molar-refractivity contribution in [2.24, 2.45) is 0 Å². The molecular formula is C12H14F2N4. The third-order valence-corrected chi connectivity index (χ3v) is 3.13. The lowest BCUT2D eigenvalue weighted by Crippen LogP contribution is -2.41. The van der Waals surface area contributed by atoms with Crippen LogP contribution in [0.15, 0.2) is 12.4 Å². The summed E-state index contributed by atoms with van der Waals surface area (Å²) in [5.74, 6) is -1.97. The first-order valence-corrected chi connectivity index (χ1v) is 5.82. The van der Waals surface area contributed by atoms with E-state index >= 15 is 0 Å². The Morgan fingerprint density at radius 3 is 2.39 bits per heavy atom. The van der Waals surface area contributed by atoms with E-state index < -0.39 is 12.0 Å². The molecule has 0 radical (unpaired) electrons. The SMILES string of the molecule is Cc1ncc(C(C#N)N2CCC(F)(F)CC2)cn1. The molecule has 1 unspecified atom stereocenters. The van der Waals surface area contributed by atoms with Gasteiger partial charge in [0.05, 0.1) is 6.07 Å². The van der Waals surface area contributed by atoms with Gasteiger partial charge in [0.1, 0.15) is 11.9 Å². The van der Waals surface area contributed by atoms with Crippen molar-refractivity contribution < 1.29 is 8.78 Å². The van der Waals surface area contributed by atoms with Gasteiger partial charge in [-0.05, 0) is 6.92 Å². The first kappa shape index (κ1) is 12.8. The molecule has 0 bridgehead atoms. The fraction of sp³-hybridized carbons (Fsp3) is 0.583. The number of nitrogens with zero attached hydrogens (tertiary/aromatic N) is 4. The Morgan fingerprint density at radius 1 is 1.33 bits per heavy atom. The topological polar surface area (TPSA) is 52.8 Å². The highest BCUT2D eigenvalue weighted by Gasteiger charge is 2.36. The highest BCUT2D eigenvalue weighted by Crippen LogP contribution is 2.31. The number of rotatable bonds is 2. The van der Waals surface area contributed by atoms with E-state index in [1.807, 2.05) is 0 Å². The molecule has 1 aliphatic rings. The molecular weight excluding hydrogens is 238 g/mol. The lowest BCUT2D eigenvalue weighted by molar-refractivity contribution is -0.0595. The number of nitriles is 1. The molecule has 0 saturated carbocycles. The number of halogens is 2. The Kier molecular flexibility index (Phi) is 3.53. The van der Waals surface area contributed by atoms with Gasteiger partial charge in [0.2, 0.25) is 0 Å². The largest absolute Gasteiger partial charge is 0.284 e. The van der Waals surface area contributed by atoms with Crippen LogP contribution in [0, 0.1) is 18.3 Å². The van der Waals surface area contributed by atoms with E-state index in [0.29, 0.717) is 11.4 Å². The molecule has 0 amide bonds. The molecule has 4 nitrogen and oxygen atoms in total. The number of aryl methyl sites for hydroxylation is 1. The van der Waals surface area contributed by atoms with Crippen molar-refractivity contribution >= 4 is 0 Å². The van der Waals surface area contributed by atoms with E-state index in [1.54, 1.807) is 24.2 Å². The fourth-order valence-electron chi connectivity index (χ4n) is 2.02. The molecule has 1 atom stereocenters. The molecule has 96 valence electrons. The third-order valence-electron chi connectivity index (χ3n) is 3.13. The molecule has 0 spiro atoms. The van der Waals surface area contributed by atoms with Gasteiger partial charge < -0.3 is 0 Å². The quantitative estimate of drug-likeness (QED) is 0.808. The predicted octanol–water partition coefficient (Wildman–Crippen LogP) is 2.08. The maximum Gasteiger partial charge on any atom is 0.250 e. The zero-order valence-electron chi connectivity index (χ0n) is 10.1. The normalized spacial score (nSPS) is 21.2. The molecule has 0 aromatic carbocycles. The molecule has 2 rings (SSSR count). The van der Waals surface area contributed by atoms with Crippen LogP contribution in [0.3, 0.4) is 0 Å². The van der Waals surface area contributed by atoms with E-state index in [1.165, 1.54) is 0 Å². The van der Waals surface area contributed by atoms with Crippen LogP contribution >= 0.6 is 0 Å². The van der Waals surface area contributed by atoms with Gasteiger partial charge in [-0.15, -0.1) is 0 Å². The van der Waals surface area contributed by atoms with Crippen LogP contribution in [-0.2, 0) is 0 Å². The van der Waals surface area contributed by atoms with Crippen molar-refractivity contribution in [3.05, 3.63) is 23.8 Å². The van der Waals surface area contributed by atoms with Gasteiger partial charge in [0, 0.05) is 43.9 Å². The lowest BCUT2D eigenvalue weighted by Gasteiger charge is -2.34. The maximum absolute atomic E-state index is 13.1. The Bertz CT molecular complexity index is 442. The van der Waals surface area contributed by atoms with Crippen molar-refractivity contribution in [2.45, 2.75) is 31.7 Å². The summed E-state index contributed by atoms with van der Waals surface area (Å²) >= 11 is 0. The highest BCUT2D eigenvalue weighted by atomic mass is 19.3. The number of piperidine rings is 1. The summed E-state index contributed by atoms with van der Waals surface area (Å²) in [7, 11) is 0. The number of hydrogen-bond acceptors (Lipinski definition) is 4. The number of aromatic nitrogens is 2. The number of alkyl halides is 2. The summed E-state index contributed by atoms with van der Waals surface area (Å²) in [6.45, 7) is 2.20. The van der Waals surface area contributed by atoms with Crippen LogP contribution in [0.4, 0.5) is 8.78 Å². The van der Waals surface area contributed by atoms with Gasteiger partial charge in [-0.1, -0.05) is 0 Å². The number of hydrogen-bond donors (Lipinski definition) is 0. The minimum absolute atomic E-state index is 0.197. The standard InChI is InChI=1S/C12H14F2N4/c1-9-16-7-10(8-17-9)11(6-15)18-4-2-12(13,14)3-5-18/h7-8,11H,2-5H2,1H3. The van der Waals surface area contributed by atoms with E-state index in [-0.39, 0.29) is 25.9 Å². The minimum atomic E-state index is -2.60. The first-order valence-electron chi connectivity index (χ1n) is 5.82. The second-order valence-corrected chi connectivity index (χ2v) is 4.49. The second kappa shape index (κ2) is 4.94. The summed E-state index contributed by atoms with van der Waals surface area (Å²) in [4.78, 5) is 9.82. The molecule has 0 N–H and O–H groups in total. The molecule has 18 heavy (non-hydrogen) atoms. The lowest BCUT2D eigenvalue weighted by atomic mass is 10.0. The average molecular weight is 252 g/mol. The van der Waals surface area contributed by atoms with Crippen molar-refractivity contribution in [1.29, 1.82) is 5.26 Å². The van der Waals surface area contributed by atoms with E-state index in [0.717, 1.165) is 0 Å². The van der Waals surface area contributed by atoms with Crippen LogP contribution in [0.5, 0.6) is 0 Å². The summed E-state index contributed by atoms with van der Waals surface area (Å²) in [6, 6.07) is 1.60. The van der Waals surface area contributed by atoms with Crippen LogP contribution < -0.4 is 0 Å². The molecule has 0 aliphatic carbocycles. The highest BCUT2D eigenvalue weighted by molar-refractivity contribution is 5.18. The van der Waals surface area contributed by atoms with Gasteiger partial charge in [-0.2, -0.15) is 5.26 Å². The first-order chi connectivity index (χ1) is 8.52. The van der Waals surface area contributed by atoms with Gasteiger partial charge in [-0.3, -0.25) is 4.90 Å². The van der Waals surface area contributed by atoms with Crippen LogP contribution in [0.25, 0.3) is 0 Å². The molecule has 1 fully saturated rings. The number of likely N-dealkylation sites (tertiary alicyclic amines) is 1. The zero-order valence-corrected chi connectivity index (χ0v) is 10.1. The Labute approximate surface area is 104 Å². The van der Waals surface area contributed by atoms with Gasteiger partial charge in [0.15, 0.2) is 0 Å². The molecule has 1 aliphatic heterocycles. The van der Waals surface area contributed by atoms with Crippen LogP contribution in [0.1, 0.15) is 30.3 Å². The molecule has 1 aromatic rings. The van der Waals surface area contributed by atoms with Gasteiger partial charge in [0.25, 0.3) is 5.92 Å². The molecule has 1 aromatic heterocycles. The monoisotopic (exact) mass is 252 g/mol. The summed E-state index contributed by atoms with van der Waals surface area (Å²) in [5, 5.41) is 9.20. The minimum Gasteiger partial charge on any atom is -0.284 e. The molecule has 2 heterocycles. The summed E-state index contributed by atoms with van der Waals surface area (Å²) in [5.41, 5.74) is 0.660. The Balaban J connectivity index is 2.11. The van der Waals surface area contributed by atoms with Crippen molar-refractivity contribution in [3.63, 3.8) is 0 Å². The zero-order chi connectivity index (χ0) is 13.2. The maximum atomic E-state index is 13.1. The van der Waals surface area contributed by atoms with E-state index in [2.05, 4.69) is 16.0 Å². The van der Waals surface area contributed by atoms with E-state index in [4.69, 9.17) is 0 Å². The molecule has 1 saturated heterocycles. The Morgan fingerprint density at radius 2 is 1.89 bits per heavy atom. The third kappa shape index (κ3) is 2.79. The molecule has 6 heteroatoms. The average Bonchev–Trinajstić information content (AvgIpc) is 2.34. The smallest absolute Gasteiger partial charge is 0.250 e. The summed E-state index contributed by atoms with van der Waals surface area (Å²) in [6.07, 6.45) is 2.78. The predicted molar refractivity (Wildman–Crippen MR) is 60.9 cm³/mol. The van der Waals surface area contributed by atoms with Gasteiger partial charge in [-0.25, -0.2) is 18.7 Å². The fourth-order valence-corrected chi connectivity index (χ4v) is 2.02. The van der Waals surface area contributed by atoms with Gasteiger partial charge >= 0.3 is 0 Å². The van der Waals surface area contributed by atoms with Crippen molar-refractivity contribution in [1.82, 2.24) is 14.9 Å². The van der Waals surface area contributed by atoms with Crippen LogP contribution in [0.2, 0.25) is 0 Å². The van der Waals surface area contributed by atoms with E-state index in [9.17, 15) is 14.0 Å².